The Labute approximate surface area is 108 Å². The largest absolute Gasteiger partial charge is 0.292 e. The molecule has 0 aromatic carbocycles. The van der Waals surface area contributed by atoms with Crippen LogP contribution in [0.5, 0.6) is 0 Å². The van der Waals surface area contributed by atoms with E-state index in [-0.39, 0.29) is 5.91 Å². The van der Waals surface area contributed by atoms with E-state index in [1.807, 2.05) is 6.92 Å². The lowest BCUT2D eigenvalue weighted by Gasteiger charge is -2.21. The Balaban J connectivity index is 3.10. The molecule has 0 aliphatic rings. The zero-order chi connectivity index (χ0) is 12.3. The third-order valence-corrected chi connectivity index (χ3v) is 2.64. The topological polar surface area (TPSA) is 33.2 Å². The van der Waals surface area contributed by atoms with Gasteiger partial charge in [0.05, 0.1) is 9.50 Å². The van der Waals surface area contributed by atoms with Crippen molar-refractivity contribution in [2.75, 3.05) is 11.4 Å². The summed E-state index contributed by atoms with van der Waals surface area (Å²) in [5, 5.41) is 0.523. The van der Waals surface area contributed by atoms with Gasteiger partial charge >= 0.3 is 0 Å². The second-order valence-corrected chi connectivity index (χ2v) is 4.81. The fourth-order valence-electron chi connectivity index (χ4n) is 1.21. The van der Waals surface area contributed by atoms with Gasteiger partial charge in [-0.2, -0.15) is 0 Å². The van der Waals surface area contributed by atoms with E-state index in [0.717, 1.165) is 5.57 Å². The number of pyridine rings is 1. The van der Waals surface area contributed by atoms with E-state index in [4.69, 9.17) is 11.6 Å². The van der Waals surface area contributed by atoms with Crippen molar-refractivity contribution < 1.29 is 4.79 Å². The Morgan fingerprint density at radius 2 is 2.25 bits per heavy atom. The molecular formula is C11H12BrClN2O. The van der Waals surface area contributed by atoms with Gasteiger partial charge in [-0.25, -0.2) is 4.98 Å². The van der Waals surface area contributed by atoms with Crippen molar-refractivity contribution >= 4 is 39.3 Å². The first kappa shape index (κ1) is 13.2. The molecule has 5 heteroatoms. The van der Waals surface area contributed by atoms with Crippen LogP contribution in [0, 0.1) is 0 Å². The molecule has 0 atom stereocenters. The normalized spacial score (nSPS) is 10.0. The molecule has 1 aromatic rings. The van der Waals surface area contributed by atoms with Crippen LogP contribution in [0.2, 0.25) is 5.02 Å². The Morgan fingerprint density at radius 1 is 1.62 bits per heavy atom. The van der Waals surface area contributed by atoms with E-state index >= 15 is 0 Å². The first-order valence-electron chi connectivity index (χ1n) is 4.65. The van der Waals surface area contributed by atoms with E-state index in [1.165, 1.54) is 13.1 Å². The van der Waals surface area contributed by atoms with Crippen LogP contribution in [0.4, 0.5) is 5.82 Å². The summed E-state index contributed by atoms with van der Waals surface area (Å²) in [5.74, 6) is 0.471. The Bertz CT molecular complexity index is 434. The predicted molar refractivity (Wildman–Crippen MR) is 69.8 cm³/mol. The maximum atomic E-state index is 11.5. The summed E-state index contributed by atoms with van der Waals surface area (Å²) in [6.45, 7) is 7.59. The average Bonchev–Trinajstić information content (AvgIpc) is 2.14. The number of hydrogen-bond acceptors (Lipinski definition) is 2. The minimum Gasteiger partial charge on any atom is -0.292 e. The van der Waals surface area contributed by atoms with Crippen LogP contribution in [0.3, 0.4) is 0 Å². The second kappa shape index (κ2) is 5.46. The molecule has 0 spiro atoms. The van der Waals surface area contributed by atoms with E-state index < -0.39 is 0 Å². The monoisotopic (exact) mass is 302 g/mol. The van der Waals surface area contributed by atoms with Crippen molar-refractivity contribution in [3.05, 3.63) is 33.9 Å². The summed E-state index contributed by atoms with van der Waals surface area (Å²) in [6, 6.07) is 1.71. The lowest BCUT2D eigenvalue weighted by Crippen LogP contribution is -2.31. The number of carbonyl (C=O) groups excluding carboxylic acids is 1. The van der Waals surface area contributed by atoms with Crippen molar-refractivity contribution in [2.24, 2.45) is 0 Å². The number of aromatic nitrogens is 1. The van der Waals surface area contributed by atoms with Crippen molar-refractivity contribution in [1.29, 1.82) is 0 Å². The number of anilines is 1. The zero-order valence-corrected chi connectivity index (χ0v) is 11.5. The first-order chi connectivity index (χ1) is 7.41. The van der Waals surface area contributed by atoms with E-state index in [9.17, 15) is 4.79 Å². The number of amides is 1. The molecule has 1 heterocycles. The molecule has 1 aromatic heterocycles. The zero-order valence-electron chi connectivity index (χ0n) is 9.13. The minimum atomic E-state index is -0.0847. The molecule has 0 aliphatic carbocycles. The Morgan fingerprint density at radius 3 is 2.69 bits per heavy atom. The molecule has 1 rings (SSSR count). The van der Waals surface area contributed by atoms with Crippen LogP contribution in [-0.4, -0.2) is 17.4 Å². The summed E-state index contributed by atoms with van der Waals surface area (Å²) >= 11 is 9.13. The predicted octanol–water partition coefficient (Wildman–Crippen LogP) is 3.43. The van der Waals surface area contributed by atoms with Crippen molar-refractivity contribution in [3.63, 3.8) is 0 Å². The highest BCUT2D eigenvalue weighted by atomic mass is 79.9. The summed E-state index contributed by atoms with van der Waals surface area (Å²) in [5.41, 5.74) is 0.888. The summed E-state index contributed by atoms with van der Waals surface area (Å²) in [7, 11) is 0. The average molecular weight is 304 g/mol. The number of carbonyl (C=O) groups is 1. The van der Waals surface area contributed by atoms with Gasteiger partial charge in [0, 0.05) is 19.7 Å². The fourth-order valence-corrected chi connectivity index (χ4v) is 2.06. The van der Waals surface area contributed by atoms with Crippen LogP contribution in [-0.2, 0) is 4.79 Å². The molecule has 0 aliphatic heterocycles. The molecule has 16 heavy (non-hydrogen) atoms. The van der Waals surface area contributed by atoms with Gasteiger partial charge in [-0.1, -0.05) is 23.8 Å². The Hall–Kier alpha value is -0.870. The number of halogens is 2. The van der Waals surface area contributed by atoms with E-state index in [2.05, 4.69) is 27.5 Å². The molecule has 0 bridgehead atoms. The van der Waals surface area contributed by atoms with Crippen molar-refractivity contribution in [2.45, 2.75) is 13.8 Å². The van der Waals surface area contributed by atoms with E-state index in [0.29, 0.717) is 21.9 Å². The molecule has 3 nitrogen and oxygen atoms in total. The van der Waals surface area contributed by atoms with Gasteiger partial charge in [0.1, 0.15) is 5.82 Å². The number of hydrogen-bond donors (Lipinski definition) is 0. The number of rotatable bonds is 3. The van der Waals surface area contributed by atoms with Gasteiger partial charge in [0.15, 0.2) is 0 Å². The summed E-state index contributed by atoms with van der Waals surface area (Å²) in [6.07, 6.45) is 1.51. The summed E-state index contributed by atoms with van der Waals surface area (Å²) in [4.78, 5) is 17.2. The first-order valence-corrected chi connectivity index (χ1v) is 5.82. The van der Waals surface area contributed by atoms with Crippen LogP contribution >= 0.6 is 27.5 Å². The molecule has 0 fully saturated rings. The fraction of sp³-hybridized carbons (Fsp3) is 0.273. The highest BCUT2D eigenvalue weighted by molar-refractivity contribution is 9.10. The molecular weight excluding hydrogens is 291 g/mol. The quantitative estimate of drug-likeness (QED) is 0.802. The Kier molecular flexibility index (Phi) is 4.50. The molecule has 0 N–H and O–H groups in total. The van der Waals surface area contributed by atoms with Crippen LogP contribution in [0.25, 0.3) is 0 Å². The van der Waals surface area contributed by atoms with Crippen molar-refractivity contribution in [3.8, 4) is 0 Å². The third kappa shape index (κ3) is 3.32. The summed E-state index contributed by atoms with van der Waals surface area (Å²) < 4.78 is 0.691. The van der Waals surface area contributed by atoms with Crippen LogP contribution in [0.1, 0.15) is 13.8 Å². The van der Waals surface area contributed by atoms with Gasteiger partial charge in [0.2, 0.25) is 5.91 Å². The highest BCUT2D eigenvalue weighted by Gasteiger charge is 2.16. The van der Waals surface area contributed by atoms with Gasteiger partial charge < -0.3 is 0 Å². The SMILES string of the molecule is C=C(C)CN(C(C)=O)c1ncc(Cl)cc1Br. The van der Waals surface area contributed by atoms with Gasteiger partial charge in [-0.15, -0.1) is 0 Å². The molecule has 86 valence electrons. The third-order valence-electron chi connectivity index (χ3n) is 1.85. The van der Waals surface area contributed by atoms with Crippen LogP contribution in [0.15, 0.2) is 28.9 Å². The second-order valence-electron chi connectivity index (χ2n) is 3.52. The van der Waals surface area contributed by atoms with Crippen molar-refractivity contribution in [1.82, 2.24) is 4.98 Å². The standard InChI is InChI=1S/C11H12BrClN2O/c1-7(2)6-15(8(3)16)11-10(12)4-9(13)5-14-11/h4-5H,1,6H2,2-3H3. The number of nitrogens with zero attached hydrogens (tertiary/aromatic N) is 2. The van der Waals surface area contributed by atoms with Gasteiger partial charge in [-0.3, -0.25) is 9.69 Å². The molecule has 0 saturated heterocycles. The molecule has 1 amide bonds. The lowest BCUT2D eigenvalue weighted by atomic mass is 10.3. The molecule has 0 saturated carbocycles. The van der Waals surface area contributed by atoms with E-state index in [1.54, 1.807) is 11.0 Å². The highest BCUT2D eigenvalue weighted by Crippen LogP contribution is 2.27. The molecule has 0 radical (unpaired) electrons. The van der Waals surface area contributed by atoms with Crippen LogP contribution < -0.4 is 4.90 Å². The maximum absolute atomic E-state index is 11.5. The molecule has 0 unspecified atom stereocenters. The minimum absolute atomic E-state index is 0.0847. The van der Waals surface area contributed by atoms with Gasteiger partial charge in [0.25, 0.3) is 0 Å². The lowest BCUT2D eigenvalue weighted by molar-refractivity contribution is -0.116. The smallest absolute Gasteiger partial charge is 0.225 e. The van der Waals surface area contributed by atoms with Gasteiger partial charge in [-0.05, 0) is 28.9 Å². The maximum Gasteiger partial charge on any atom is 0.225 e.